The van der Waals surface area contributed by atoms with Gasteiger partial charge in [0.2, 0.25) is 5.91 Å². The van der Waals surface area contributed by atoms with Crippen LogP contribution in [0, 0.1) is 0 Å². The SMILES string of the molecule is CC(NCC(=O)Nc1ccc(-c2ccccc2)cc1)c1ccccc1. The van der Waals surface area contributed by atoms with Crippen LogP contribution in [0.2, 0.25) is 0 Å². The number of carbonyl (C=O) groups excluding carboxylic acids is 1. The Hall–Kier alpha value is -2.91. The van der Waals surface area contributed by atoms with Gasteiger partial charge < -0.3 is 10.6 Å². The van der Waals surface area contributed by atoms with Crippen LogP contribution in [-0.4, -0.2) is 12.5 Å². The average Bonchev–Trinajstić information content (AvgIpc) is 2.68. The Morgan fingerprint density at radius 3 is 2.00 bits per heavy atom. The molecule has 0 bridgehead atoms. The van der Waals surface area contributed by atoms with Gasteiger partial charge in [-0.15, -0.1) is 0 Å². The van der Waals surface area contributed by atoms with Crippen LogP contribution >= 0.6 is 0 Å². The Kier molecular flexibility index (Phi) is 5.60. The summed E-state index contributed by atoms with van der Waals surface area (Å²) in [7, 11) is 0. The van der Waals surface area contributed by atoms with E-state index >= 15 is 0 Å². The number of rotatable bonds is 6. The highest BCUT2D eigenvalue weighted by Crippen LogP contribution is 2.21. The zero-order valence-corrected chi connectivity index (χ0v) is 14.3. The third kappa shape index (κ3) is 4.78. The third-order valence-corrected chi connectivity index (χ3v) is 4.14. The highest BCUT2D eigenvalue weighted by atomic mass is 16.1. The maximum Gasteiger partial charge on any atom is 0.238 e. The van der Waals surface area contributed by atoms with Gasteiger partial charge in [0.25, 0.3) is 0 Å². The van der Waals surface area contributed by atoms with Crippen LogP contribution in [0.1, 0.15) is 18.5 Å². The zero-order valence-electron chi connectivity index (χ0n) is 14.3. The summed E-state index contributed by atoms with van der Waals surface area (Å²) in [5, 5.41) is 6.17. The Bertz CT molecular complexity index is 798. The number of benzene rings is 3. The number of amides is 1. The Morgan fingerprint density at radius 1 is 0.800 bits per heavy atom. The molecule has 2 N–H and O–H groups in total. The van der Waals surface area contributed by atoms with Crippen molar-refractivity contribution in [1.82, 2.24) is 5.32 Å². The molecule has 0 spiro atoms. The lowest BCUT2D eigenvalue weighted by molar-refractivity contribution is -0.115. The van der Waals surface area contributed by atoms with E-state index < -0.39 is 0 Å². The van der Waals surface area contributed by atoms with Crippen molar-refractivity contribution in [2.45, 2.75) is 13.0 Å². The average molecular weight is 330 g/mol. The molecule has 25 heavy (non-hydrogen) atoms. The van der Waals surface area contributed by atoms with Gasteiger partial charge in [-0.05, 0) is 35.7 Å². The molecular formula is C22H22N2O. The molecule has 0 saturated heterocycles. The predicted molar refractivity (Wildman–Crippen MR) is 103 cm³/mol. The molecule has 3 aromatic carbocycles. The van der Waals surface area contributed by atoms with Crippen molar-refractivity contribution in [2.75, 3.05) is 11.9 Å². The first-order valence-corrected chi connectivity index (χ1v) is 8.46. The zero-order chi connectivity index (χ0) is 17.5. The minimum Gasteiger partial charge on any atom is -0.325 e. The van der Waals surface area contributed by atoms with Crippen molar-refractivity contribution < 1.29 is 4.79 Å². The maximum absolute atomic E-state index is 12.1. The van der Waals surface area contributed by atoms with Crippen LogP contribution in [0.15, 0.2) is 84.9 Å². The van der Waals surface area contributed by atoms with Crippen molar-refractivity contribution in [3.05, 3.63) is 90.5 Å². The number of anilines is 1. The van der Waals surface area contributed by atoms with Crippen molar-refractivity contribution >= 4 is 11.6 Å². The summed E-state index contributed by atoms with van der Waals surface area (Å²) in [4.78, 5) is 12.1. The molecule has 0 heterocycles. The van der Waals surface area contributed by atoms with Gasteiger partial charge in [-0.25, -0.2) is 0 Å². The fraction of sp³-hybridized carbons (Fsp3) is 0.136. The molecule has 0 fully saturated rings. The smallest absolute Gasteiger partial charge is 0.238 e. The molecule has 1 atom stereocenters. The first-order chi connectivity index (χ1) is 12.2. The first kappa shape index (κ1) is 16.9. The minimum absolute atomic E-state index is 0.0461. The normalized spacial score (nSPS) is 11.7. The summed E-state index contributed by atoms with van der Waals surface area (Å²) in [6.07, 6.45) is 0. The third-order valence-electron chi connectivity index (χ3n) is 4.14. The van der Waals surface area contributed by atoms with Gasteiger partial charge in [0, 0.05) is 11.7 Å². The van der Waals surface area contributed by atoms with Gasteiger partial charge in [0.1, 0.15) is 0 Å². The lowest BCUT2D eigenvalue weighted by Crippen LogP contribution is -2.30. The van der Waals surface area contributed by atoms with Gasteiger partial charge in [0.05, 0.1) is 6.54 Å². The molecule has 1 amide bonds. The quantitative estimate of drug-likeness (QED) is 0.691. The highest BCUT2D eigenvalue weighted by Gasteiger charge is 2.07. The van der Waals surface area contributed by atoms with E-state index in [0.717, 1.165) is 11.3 Å². The second kappa shape index (κ2) is 8.27. The van der Waals surface area contributed by atoms with Crippen molar-refractivity contribution in [1.29, 1.82) is 0 Å². The van der Waals surface area contributed by atoms with Crippen molar-refractivity contribution in [3.8, 4) is 11.1 Å². The van der Waals surface area contributed by atoms with E-state index in [9.17, 15) is 4.79 Å². The molecule has 0 aliphatic carbocycles. The van der Waals surface area contributed by atoms with Crippen molar-refractivity contribution in [3.63, 3.8) is 0 Å². The van der Waals surface area contributed by atoms with Gasteiger partial charge in [-0.2, -0.15) is 0 Å². The van der Waals surface area contributed by atoms with Crippen LogP contribution in [0.3, 0.4) is 0 Å². The largest absolute Gasteiger partial charge is 0.325 e. The molecule has 126 valence electrons. The molecule has 1 unspecified atom stereocenters. The van der Waals surface area contributed by atoms with E-state index in [1.807, 2.05) is 60.7 Å². The predicted octanol–water partition coefficient (Wildman–Crippen LogP) is 4.64. The van der Waals surface area contributed by atoms with Gasteiger partial charge in [-0.1, -0.05) is 72.8 Å². The van der Waals surface area contributed by atoms with Crippen LogP contribution in [0.5, 0.6) is 0 Å². The second-order valence-corrected chi connectivity index (χ2v) is 6.00. The molecule has 0 radical (unpaired) electrons. The molecule has 3 heteroatoms. The monoisotopic (exact) mass is 330 g/mol. The lowest BCUT2D eigenvalue weighted by atomic mass is 10.1. The number of hydrogen-bond acceptors (Lipinski definition) is 2. The summed E-state index contributed by atoms with van der Waals surface area (Å²) < 4.78 is 0. The minimum atomic E-state index is -0.0461. The molecule has 3 rings (SSSR count). The lowest BCUT2D eigenvalue weighted by Gasteiger charge is -2.14. The van der Waals surface area contributed by atoms with E-state index in [1.54, 1.807) is 0 Å². The van der Waals surface area contributed by atoms with E-state index in [4.69, 9.17) is 0 Å². The summed E-state index contributed by atoms with van der Waals surface area (Å²) in [5.74, 6) is -0.0461. The van der Waals surface area contributed by atoms with Crippen LogP contribution in [0.25, 0.3) is 11.1 Å². The number of hydrogen-bond donors (Lipinski definition) is 2. The van der Waals surface area contributed by atoms with E-state index in [-0.39, 0.29) is 18.5 Å². The molecule has 0 saturated carbocycles. The van der Waals surface area contributed by atoms with E-state index in [0.29, 0.717) is 0 Å². The highest BCUT2D eigenvalue weighted by molar-refractivity contribution is 5.92. The van der Waals surface area contributed by atoms with Gasteiger partial charge in [0.15, 0.2) is 0 Å². The standard InChI is InChI=1S/C22H22N2O/c1-17(18-8-4-2-5-9-18)23-16-22(25)24-21-14-12-20(13-15-21)19-10-6-3-7-11-19/h2-15,17,23H,16H2,1H3,(H,24,25). The maximum atomic E-state index is 12.1. The van der Waals surface area contributed by atoms with E-state index in [1.165, 1.54) is 11.1 Å². The van der Waals surface area contributed by atoms with E-state index in [2.05, 4.69) is 41.8 Å². The van der Waals surface area contributed by atoms with Crippen LogP contribution < -0.4 is 10.6 Å². The Balaban J connectivity index is 1.53. The summed E-state index contributed by atoms with van der Waals surface area (Å²) in [6.45, 7) is 2.33. The van der Waals surface area contributed by atoms with Crippen LogP contribution in [0.4, 0.5) is 5.69 Å². The fourth-order valence-corrected chi connectivity index (χ4v) is 2.69. The topological polar surface area (TPSA) is 41.1 Å². The fourth-order valence-electron chi connectivity index (χ4n) is 2.69. The Labute approximate surface area is 148 Å². The van der Waals surface area contributed by atoms with Gasteiger partial charge in [-0.3, -0.25) is 4.79 Å². The Morgan fingerprint density at radius 2 is 1.36 bits per heavy atom. The molecule has 0 aromatic heterocycles. The summed E-state index contributed by atoms with van der Waals surface area (Å²) in [5.41, 5.74) is 4.27. The molecular weight excluding hydrogens is 308 g/mol. The molecule has 3 aromatic rings. The molecule has 0 aliphatic heterocycles. The van der Waals surface area contributed by atoms with Crippen LogP contribution in [-0.2, 0) is 4.79 Å². The summed E-state index contributed by atoms with van der Waals surface area (Å²) in [6, 6.07) is 28.3. The first-order valence-electron chi connectivity index (χ1n) is 8.46. The molecule has 3 nitrogen and oxygen atoms in total. The van der Waals surface area contributed by atoms with Gasteiger partial charge >= 0.3 is 0 Å². The summed E-state index contributed by atoms with van der Waals surface area (Å²) >= 11 is 0. The number of nitrogens with one attached hydrogen (secondary N) is 2. The van der Waals surface area contributed by atoms with Crippen molar-refractivity contribution in [2.24, 2.45) is 0 Å². The number of carbonyl (C=O) groups is 1. The molecule has 0 aliphatic rings. The second-order valence-electron chi connectivity index (χ2n) is 6.00.